The summed E-state index contributed by atoms with van der Waals surface area (Å²) in [4.78, 5) is 10.1. The summed E-state index contributed by atoms with van der Waals surface area (Å²) >= 11 is 0. The number of carbonyl (C=O) groups is 1. The Morgan fingerprint density at radius 1 is 1.31 bits per heavy atom. The molecule has 0 rings (SSSR count). The van der Waals surface area contributed by atoms with E-state index in [2.05, 4.69) is 0 Å². The molecule has 0 radical (unpaired) electrons. The molecule has 3 nitrogen and oxygen atoms in total. The van der Waals surface area contributed by atoms with Crippen molar-refractivity contribution in [3.63, 3.8) is 0 Å². The molecule has 0 aliphatic rings. The molecule has 0 aromatic heterocycles. The highest BCUT2D eigenvalue weighted by molar-refractivity contribution is 5.79. The average Bonchev–Trinajstić information content (AvgIpc) is 2.04. The summed E-state index contributed by atoms with van der Waals surface area (Å²) in [7, 11) is 0. The van der Waals surface area contributed by atoms with Crippen LogP contribution in [0.2, 0.25) is 0 Å². The van der Waals surface area contributed by atoms with Gasteiger partial charge in [0.15, 0.2) is 0 Å². The Bertz CT molecular complexity index is 194. The predicted molar refractivity (Wildman–Crippen MR) is 51.4 cm³/mol. The van der Waals surface area contributed by atoms with Crippen molar-refractivity contribution in [2.75, 3.05) is 0 Å². The van der Waals surface area contributed by atoms with Gasteiger partial charge in [-0.15, -0.1) is 0 Å². The first kappa shape index (κ1) is 11.9. The number of carboxylic acid groups (broad SMARTS) is 1. The zero-order valence-corrected chi connectivity index (χ0v) is 7.81. The van der Waals surface area contributed by atoms with Gasteiger partial charge in [0.05, 0.1) is 6.10 Å². The predicted octanol–water partition coefficient (Wildman–Crippen LogP) is 1.73. The van der Waals surface area contributed by atoms with Crippen LogP contribution in [0, 0.1) is 0 Å². The van der Waals surface area contributed by atoms with Gasteiger partial charge >= 0.3 is 5.97 Å². The molecule has 13 heavy (non-hydrogen) atoms. The molecule has 0 bridgehead atoms. The summed E-state index contributed by atoms with van der Waals surface area (Å²) in [6, 6.07) is 0. The van der Waals surface area contributed by atoms with Crippen LogP contribution in [0.4, 0.5) is 0 Å². The van der Waals surface area contributed by atoms with Gasteiger partial charge in [-0.25, -0.2) is 4.79 Å². The number of carboxylic acids is 1. The van der Waals surface area contributed by atoms with Crippen LogP contribution in [0.5, 0.6) is 0 Å². The van der Waals surface area contributed by atoms with E-state index in [0.29, 0.717) is 12.8 Å². The first-order chi connectivity index (χ1) is 6.16. The SMILES string of the molecule is CCC=CCC(O)CC=CC(=O)O. The lowest BCUT2D eigenvalue weighted by Crippen LogP contribution is -2.02. The van der Waals surface area contributed by atoms with Crippen molar-refractivity contribution in [2.45, 2.75) is 32.3 Å². The van der Waals surface area contributed by atoms with E-state index < -0.39 is 12.1 Å². The van der Waals surface area contributed by atoms with Gasteiger partial charge in [-0.3, -0.25) is 0 Å². The Morgan fingerprint density at radius 3 is 2.46 bits per heavy atom. The number of allylic oxidation sites excluding steroid dienone is 1. The highest BCUT2D eigenvalue weighted by Gasteiger charge is 1.97. The molecular formula is C10H16O3. The third-order valence-electron chi connectivity index (χ3n) is 1.48. The Balaban J connectivity index is 3.56. The van der Waals surface area contributed by atoms with Crippen LogP contribution in [0.25, 0.3) is 0 Å². The van der Waals surface area contributed by atoms with Crippen LogP contribution in [0.15, 0.2) is 24.3 Å². The van der Waals surface area contributed by atoms with Crippen molar-refractivity contribution in [2.24, 2.45) is 0 Å². The summed E-state index contributed by atoms with van der Waals surface area (Å²) < 4.78 is 0. The van der Waals surface area contributed by atoms with E-state index in [1.807, 2.05) is 19.1 Å². The molecule has 0 heterocycles. The minimum Gasteiger partial charge on any atom is -0.478 e. The van der Waals surface area contributed by atoms with E-state index in [1.54, 1.807) is 0 Å². The van der Waals surface area contributed by atoms with E-state index >= 15 is 0 Å². The van der Waals surface area contributed by atoms with Crippen molar-refractivity contribution in [3.8, 4) is 0 Å². The highest BCUT2D eigenvalue weighted by atomic mass is 16.4. The molecule has 0 saturated heterocycles. The second-order valence-electron chi connectivity index (χ2n) is 2.75. The molecule has 0 spiro atoms. The molecule has 1 unspecified atom stereocenters. The first-order valence-corrected chi connectivity index (χ1v) is 4.39. The molecule has 0 amide bonds. The van der Waals surface area contributed by atoms with Gasteiger partial charge in [0.1, 0.15) is 0 Å². The highest BCUT2D eigenvalue weighted by Crippen LogP contribution is 2.00. The minimum absolute atomic E-state index is 0.389. The second-order valence-corrected chi connectivity index (χ2v) is 2.75. The summed E-state index contributed by atoms with van der Waals surface area (Å²) in [5, 5.41) is 17.6. The molecule has 0 fully saturated rings. The Morgan fingerprint density at radius 2 is 1.92 bits per heavy atom. The van der Waals surface area contributed by atoms with E-state index in [9.17, 15) is 9.90 Å². The molecule has 0 aliphatic carbocycles. The quantitative estimate of drug-likeness (QED) is 0.488. The van der Waals surface area contributed by atoms with Gasteiger partial charge in [-0.2, -0.15) is 0 Å². The normalized spacial score (nSPS) is 14.0. The summed E-state index contributed by atoms with van der Waals surface area (Å²) in [5.74, 6) is -0.976. The van der Waals surface area contributed by atoms with Crippen LogP contribution >= 0.6 is 0 Å². The maximum atomic E-state index is 10.1. The van der Waals surface area contributed by atoms with Gasteiger partial charge in [-0.05, 0) is 19.3 Å². The molecule has 3 heteroatoms. The number of aliphatic hydroxyl groups is 1. The van der Waals surface area contributed by atoms with Gasteiger partial charge in [0, 0.05) is 6.08 Å². The van der Waals surface area contributed by atoms with Crippen LogP contribution < -0.4 is 0 Å². The van der Waals surface area contributed by atoms with Crippen molar-refractivity contribution in [1.29, 1.82) is 0 Å². The topological polar surface area (TPSA) is 57.5 Å². The van der Waals surface area contributed by atoms with Crippen LogP contribution in [-0.4, -0.2) is 22.3 Å². The van der Waals surface area contributed by atoms with E-state index in [0.717, 1.165) is 12.5 Å². The lowest BCUT2D eigenvalue weighted by molar-refractivity contribution is -0.131. The van der Waals surface area contributed by atoms with Gasteiger partial charge in [0.25, 0.3) is 0 Å². The third-order valence-corrected chi connectivity index (χ3v) is 1.48. The fourth-order valence-electron chi connectivity index (χ4n) is 0.842. The molecule has 0 aromatic carbocycles. The van der Waals surface area contributed by atoms with Gasteiger partial charge < -0.3 is 10.2 Å². The molecular weight excluding hydrogens is 168 g/mol. The van der Waals surface area contributed by atoms with Crippen molar-refractivity contribution >= 4 is 5.97 Å². The molecule has 2 N–H and O–H groups in total. The largest absolute Gasteiger partial charge is 0.478 e. The Hall–Kier alpha value is -1.09. The summed E-state index contributed by atoms with van der Waals surface area (Å²) in [5.41, 5.74) is 0. The standard InChI is InChI=1S/C10H16O3/c1-2-3-4-6-9(11)7-5-8-10(12)13/h3-5,8-9,11H,2,6-7H2,1H3,(H,12,13). The fourth-order valence-corrected chi connectivity index (χ4v) is 0.842. The van der Waals surface area contributed by atoms with Gasteiger partial charge in [0.2, 0.25) is 0 Å². The first-order valence-electron chi connectivity index (χ1n) is 4.39. The summed E-state index contributed by atoms with van der Waals surface area (Å²) in [6.45, 7) is 2.02. The van der Waals surface area contributed by atoms with Crippen molar-refractivity contribution < 1.29 is 15.0 Å². The maximum absolute atomic E-state index is 10.1. The third kappa shape index (κ3) is 8.82. The number of aliphatic hydroxyl groups excluding tert-OH is 1. The zero-order valence-electron chi connectivity index (χ0n) is 7.81. The number of aliphatic carboxylic acids is 1. The minimum atomic E-state index is -0.976. The monoisotopic (exact) mass is 184 g/mol. The Labute approximate surface area is 78.4 Å². The van der Waals surface area contributed by atoms with E-state index in [-0.39, 0.29) is 0 Å². The maximum Gasteiger partial charge on any atom is 0.327 e. The van der Waals surface area contributed by atoms with Crippen molar-refractivity contribution in [3.05, 3.63) is 24.3 Å². The lowest BCUT2D eigenvalue weighted by atomic mass is 10.1. The number of rotatable bonds is 6. The number of hydrogen-bond acceptors (Lipinski definition) is 2. The molecule has 74 valence electrons. The van der Waals surface area contributed by atoms with Gasteiger partial charge in [-0.1, -0.05) is 25.2 Å². The number of hydrogen-bond donors (Lipinski definition) is 2. The molecule has 0 saturated carbocycles. The van der Waals surface area contributed by atoms with Crippen LogP contribution in [0.3, 0.4) is 0 Å². The Kier molecular flexibility index (Phi) is 6.92. The smallest absolute Gasteiger partial charge is 0.327 e. The van der Waals surface area contributed by atoms with E-state index in [4.69, 9.17) is 5.11 Å². The van der Waals surface area contributed by atoms with Crippen molar-refractivity contribution in [1.82, 2.24) is 0 Å². The zero-order chi connectivity index (χ0) is 10.1. The lowest BCUT2D eigenvalue weighted by Gasteiger charge is -2.02. The van der Waals surface area contributed by atoms with Crippen LogP contribution in [0.1, 0.15) is 26.2 Å². The molecule has 1 atom stereocenters. The molecule has 0 aromatic rings. The van der Waals surface area contributed by atoms with E-state index in [1.165, 1.54) is 6.08 Å². The fraction of sp³-hybridized carbons (Fsp3) is 0.500. The molecule has 0 aliphatic heterocycles. The van der Waals surface area contributed by atoms with Crippen LogP contribution in [-0.2, 0) is 4.79 Å². The average molecular weight is 184 g/mol. The second kappa shape index (κ2) is 7.55. The summed E-state index contributed by atoms with van der Waals surface area (Å²) in [6.07, 6.45) is 7.84.